The van der Waals surface area contributed by atoms with Crippen molar-refractivity contribution in [2.75, 3.05) is 5.73 Å². The van der Waals surface area contributed by atoms with Crippen LogP contribution in [0.5, 0.6) is 0 Å². The predicted molar refractivity (Wildman–Crippen MR) is 71.8 cm³/mol. The second-order valence-electron chi connectivity index (χ2n) is 4.56. The number of nitrogen functional groups attached to an aromatic ring is 1. The molecule has 1 aliphatic rings. The number of imide groups is 1. The van der Waals surface area contributed by atoms with E-state index in [1.54, 1.807) is 37.4 Å². The Bertz CT molecular complexity index is 727. The number of carbonyl (C=O) groups excluding carboxylic acids is 2. The zero-order chi connectivity index (χ0) is 14.3. The fraction of sp³-hybridized carbons (Fsp3) is 0.143. The highest BCUT2D eigenvalue weighted by molar-refractivity contribution is 6.23. The van der Waals surface area contributed by atoms with Crippen LogP contribution in [0.2, 0.25) is 0 Å². The molecule has 100 valence electrons. The Labute approximate surface area is 115 Å². The number of hydrogen-bond donors (Lipinski definition) is 1. The monoisotopic (exact) mass is 268 g/mol. The smallest absolute Gasteiger partial charge is 0.264 e. The fourth-order valence-electron chi connectivity index (χ4n) is 2.26. The molecule has 0 atom stereocenters. The number of benzene rings is 1. The van der Waals surface area contributed by atoms with E-state index in [0.717, 1.165) is 4.90 Å². The van der Waals surface area contributed by atoms with Crippen LogP contribution in [0.25, 0.3) is 0 Å². The van der Waals surface area contributed by atoms with Crippen LogP contribution in [-0.4, -0.2) is 26.7 Å². The van der Waals surface area contributed by atoms with Crippen molar-refractivity contribution in [2.45, 2.75) is 13.5 Å². The summed E-state index contributed by atoms with van der Waals surface area (Å²) in [6.07, 6.45) is 1.60. The summed E-state index contributed by atoms with van der Waals surface area (Å²) in [4.78, 5) is 33.9. The molecule has 0 radical (unpaired) electrons. The molecule has 2 heterocycles. The molecule has 0 fully saturated rings. The van der Waals surface area contributed by atoms with Gasteiger partial charge in [0.25, 0.3) is 11.8 Å². The maximum atomic E-state index is 12.3. The van der Waals surface area contributed by atoms with Gasteiger partial charge in [-0.1, -0.05) is 6.07 Å². The molecule has 1 aromatic heterocycles. The van der Waals surface area contributed by atoms with E-state index in [4.69, 9.17) is 5.73 Å². The van der Waals surface area contributed by atoms with Gasteiger partial charge in [0.2, 0.25) is 0 Å². The van der Waals surface area contributed by atoms with E-state index in [2.05, 4.69) is 9.97 Å². The van der Waals surface area contributed by atoms with Crippen molar-refractivity contribution in [3.63, 3.8) is 0 Å². The lowest BCUT2D eigenvalue weighted by molar-refractivity contribution is 0.0640. The molecule has 6 nitrogen and oxygen atoms in total. The summed E-state index contributed by atoms with van der Waals surface area (Å²) in [5, 5.41) is 0. The molecule has 3 rings (SSSR count). The molecular formula is C14H12N4O2. The van der Waals surface area contributed by atoms with Gasteiger partial charge in [0.05, 0.1) is 23.4 Å². The molecule has 0 unspecified atom stereocenters. The second kappa shape index (κ2) is 4.41. The molecule has 20 heavy (non-hydrogen) atoms. The van der Waals surface area contributed by atoms with Crippen molar-refractivity contribution in [3.05, 3.63) is 53.1 Å². The third-order valence-electron chi connectivity index (χ3n) is 3.19. The average Bonchev–Trinajstić information content (AvgIpc) is 2.65. The molecule has 2 aromatic rings. The lowest BCUT2D eigenvalue weighted by Crippen LogP contribution is -2.29. The second-order valence-corrected chi connectivity index (χ2v) is 4.56. The number of amides is 2. The Hall–Kier alpha value is -2.76. The molecule has 1 aromatic carbocycles. The number of anilines is 1. The first-order valence-corrected chi connectivity index (χ1v) is 6.11. The normalized spacial score (nSPS) is 13.8. The molecule has 0 bridgehead atoms. The van der Waals surface area contributed by atoms with Crippen molar-refractivity contribution in [1.29, 1.82) is 0 Å². The van der Waals surface area contributed by atoms with Crippen LogP contribution in [0, 0.1) is 6.92 Å². The van der Waals surface area contributed by atoms with Crippen LogP contribution < -0.4 is 5.73 Å². The molecule has 1 aliphatic heterocycles. The van der Waals surface area contributed by atoms with Crippen LogP contribution in [-0.2, 0) is 6.54 Å². The number of nitrogens with two attached hydrogens (primary N) is 1. The van der Waals surface area contributed by atoms with Gasteiger partial charge in [-0.25, -0.2) is 9.97 Å². The number of rotatable bonds is 2. The number of fused-ring (bicyclic) bond motifs is 1. The maximum Gasteiger partial charge on any atom is 0.264 e. The van der Waals surface area contributed by atoms with Crippen molar-refractivity contribution >= 4 is 17.5 Å². The van der Waals surface area contributed by atoms with Gasteiger partial charge < -0.3 is 5.73 Å². The minimum Gasteiger partial charge on any atom is -0.398 e. The quantitative estimate of drug-likeness (QED) is 0.652. The van der Waals surface area contributed by atoms with Gasteiger partial charge in [-0.05, 0) is 25.1 Å². The van der Waals surface area contributed by atoms with E-state index >= 15 is 0 Å². The van der Waals surface area contributed by atoms with Crippen LogP contribution in [0.15, 0.2) is 30.5 Å². The summed E-state index contributed by atoms with van der Waals surface area (Å²) >= 11 is 0. The van der Waals surface area contributed by atoms with Crippen molar-refractivity contribution in [3.8, 4) is 0 Å². The van der Waals surface area contributed by atoms with Gasteiger partial charge in [0.1, 0.15) is 5.82 Å². The molecule has 2 N–H and O–H groups in total. The number of nitrogens with zero attached hydrogens (tertiary/aromatic N) is 3. The van der Waals surface area contributed by atoms with Gasteiger partial charge >= 0.3 is 0 Å². The minimum absolute atomic E-state index is 0.120. The summed E-state index contributed by atoms with van der Waals surface area (Å²) in [6, 6.07) is 6.57. The zero-order valence-corrected chi connectivity index (χ0v) is 10.8. The highest BCUT2D eigenvalue weighted by atomic mass is 16.2. The molecular weight excluding hydrogens is 256 g/mol. The predicted octanol–water partition coefficient (Wildman–Crippen LogP) is 1.16. The van der Waals surface area contributed by atoms with E-state index < -0.39 is 0 Å². The fourth-order valence-corrected chi connectivity index (χ4v) is 2.26. The van der Waals surface area contributed by atoms with E-state index in [-0.39, 0.29) is 23.9 Å². The third kappa shape index (κ3) is 1.82. The highest BCUT2D eigenvalue weighted by Gasteiger charge is 2.37. The third-order valence-corrected chi connectivity index (χ3v) is 3.19. The first kappa shape index (κ1) is 12.3. The van der Waals surface area contributed by atoms with E-state index in [1.807, 2.05) is 0 Å². The van der Waals surface area contributed by atoms with Gasteiger partial charge in [-0.2, -0.15) is 0 Å². The molecule has 0 saturated heterocycles. The number of aryl methyl sites for hydroxylation is 1. The van der Waals surface area contributed by atoms with E-state index in [1.165, 1.54) is 0 Å². The Balaban J connectivity index is 1.96. The van der Waals surface area contributed by atoms with Crippen LogP contribution in [0.3, 0.4) is 0 Å². The van der Waals surface area contributed by atoms with Gasteiger partial charge in [-0.15, -0.1) is 0 Å². The SMILES string of the molecule is Cc1nccc(CN2C(=O)c3cccc(N)c3C2=O)n1. The number of carbonyl (C=O) groups is 2. The molecule has 0 saturated carbocycles. The first-order chi connectivity index (χ1) is 9.58. The summed E-state index contributed by atoms with van der Waals surface area (Å²) in [6.45, 7) is 1.87. The Kier molecular flexibility index (Phi) is 2.71. The Morgan fingerprint density at radius 3 is 2.70 bits per heavy atom. The number of aromatic nitrogens is 2. The lowest BCUT2D eigenvalue weighted by atomic mass is 10.1. The number of hydrogen-bond acceptors (Lipinski definition) is 5. The standard InChI is InChI=1S/C14H12N4O2/c1-8-16-6-5-9(17-8)7-18-13(19)10-3-2-4-11(15)12(10)14(18)20/h2-6H,7,15H2,1H3. The largest absolute Gasteiger partial charge is 0.398 e. The van der Waals surface area contributed by atoms with Crippen LogP contribution in [0.1, 0.15) is 32.2 Å². The van der Waals surface area contributed by atoms with Gasteiger partial charge in [0.15, 0.2) is 0 Å². The maximum absolute atomic E-state index is 12.3. The Morgan fingerprint density at radius 1 is 1.20 bits per heavy atom. The molecule has 0 spiro atoms. The van der Waals surface area contributed by atoms with Crippen LogP contribution >= 0.6 is 0 Å². The first-order valence-electron chi connectivity index (χ1n) is 6.11. The van der Waals surface area contributed by atoms with Crippen molar-refractivity contribution in [2.24, 2.45) is 0 Å². The van der Waals surface area contributed by atoms with Crippen LogP contribution in [0.4, 0.5) is 5.69 Å². The van der Waals surface area contributed by atoms with E-state index in [0.29, 0.717) is 22.8 Å². The van der Waals surface area contributed by atoms with Gasteiger partial charge in [0, 0.05) is 11.9 Å². The molecule has 2 amide bonds. The Morgan fingerprint density at radius 2 is 2.00 bits per heavy atom. The zero-order valence-electron chi connectivity index (χ0n) is 10.8. The summed E-state index contributed by atoms with van der Waals surface area (Å²) in [7, 11) is 0. The van der Waals surface area contributed by atoms with E-state index in [9.17, 15) is 9.59 Å². The highest BCUT2D eigenvalue weighted by Crippen LogP contribution is 2.28. The topological polar surface area (TPSA) is 89.2 Å². The molecule has 0 aliphatic carbocycles. The average molecular weight is 268 g/mol. The van der Waals surface area contributed by atoms with Crippen molar-refractivity contribution in [1.82, 2.24) is 14.9 Å². The summed E-state index contributed by atoms with van der Waals surface area (Å²) in [5.74, 6) is -0.119. The molecule has 6 heteroatoms. The lowest BCUT2D eigenvalue weighted by Gasteiger charge is -2.13. The van der Waals surface area contributed by atoms with Crippen molar-refractivity contribution < 1.29 is 9.59 Å². The summed E-state index contributed by atoms with van der Waals surface area (Å²) < 4.78 is 0. The minimum atomic E-state index is -0.376. The van der Waals surface area contributed by atoms with Gasteiger partial charge in [-0.3, -0.25) is 14.5 Å². The summed E-state index contributed by atoms with van der Waals surface area (Å²) in [5.41, 5.74) is 7.35.